The molecule has 0 unspecified atom stereocenters. The maximum Gasteiger partial charge on any atom is 0.254 e. The normalized spacial score (nSPS) is 10.0. The van der Waals surface area contributed by atoms with Crippen LogP contribution >= 0.6 is 24.8 Å². The number of rotatable bonds is 7. The van der Waals surface area contributed by atoms with E-state index < -0.39 is 0 Å². The predicted molar refractivity (Wildman–Crippen MR) is 96.2 cm³/mol. The Bertz CT molecular complexity index is 620. The van der Waals surface area contributed by atoms with Gasteiger partial charge in [-0.15, -0.1) is 24.8 Å². The minimum absolute atomic E-state index is 0. The molecule has 134 valence electrons. The van der Waals surface area contributed by atoms with E-state index in [0.29, 0.717) is 31.0 Å². The van der Waals surface area contributed by atoms with Gasteiger partial charge in [0.15, 0.2) is 0 Å². The lowest BCUT2D eigenvalue weighted by Crippen LogP contribution is -2.32. The summed E-state index contributed by atoms with van der Waals surface area (Å²) in [5.74, 6) is 0.160. The zero-order valence-electron chi connectivity index (χ0n) is 13.3. The quantitative estimate of drug-likeness (QED) is 0.777. The number of likely N-dealkylation sites (N-methyl/N-ethyl adjacent to an activating group) is 1. The van der Waals surface area contributed by atoms with Gasteiger partial charge in [0.05, 0.1) is 12.1 Å². The zero-order valence-corrected chi connectivity index (χ0v) is 15.0. The lowest BCUT2D eigenvalue weighted by molar-refractivity contribution is 0.0949. The summed E-state index contributed by atoms with van der Waals surface area (Å²) in [6.07, 6.45) is 1.40. The molecule has 1 amide bonds. The molecule has 1 aromatic heterocycles. The Balaban J connectivity index is 0.00000264. The molecular formula is C16H22Cl2FN3O2. The van der Waals surface area contributed by atoms with Gasteiger partial charge in [-0.25, -0.2) is 4.39 Å². The standard InChI is InChI=1S/C16H20FN3O2.2ClH/c1-20(10-12-2-4-14(17)5-3-12)7-6-19-16(21)13-8-15(9-18)22-11-13;;/h2-5,8,11H,6-7,9-10,18H2,1H3,(H,19,21);2*1H. The van der Waals surface area contributed by atoms with E-state index in [2.05, 4.69) is 5.32 Å². The number of nitrogens with zero attached hydrogens (tertiary/aromatic N) is 1. The van der Waals surface area contributed by atoms with Crippen molar-refractivity contribution in [1.82, 2.24) is 10.2 Å². The first-order chi connectivity index (χ1) is 10.6. The van der Waals surface area contributed by atoms with Gasteiger partial charge in [0, 0.05) is 19.6 Å². The molecule has 24 heavy (non-hydrogen) atoms. The molecule has 0 bridgehead atoms. The molecule has 0 spiro atoms. The summed E-state index contributed by atoms with van der Waals surface area (Å²) in [6.45, 7) is 2.16. The van der Waals surface area contributed by atoms with Crippen molar-refractivity contribution in [3.63, 3.8) is 0 Å². The number of furan rings is 1. The number of amides is 1. The van der Waals surface area contributed by atoms with Gasteiger partial charge in [0.25, 0.3) is 5.91 Å². The van der Waals surface area contributed by atoms with Crippen molar-refractivity contribution >= 4 is 30.7 Å². The number of carbonyl (C=O) groups is 1. The van der Waals surface area contributed by atoms with Crippen LogP contribution in [0.2, 0.25) is 0 Å². The Labute approximate surface area is 153 Å². The van der Waals surface area contributed by atoms with Crippen molar-refractivity contribution in [2.75, 3.05) is 20.1 Å². The second-order valence-corrected chi connectivity index (χ2v) is 5.13. The molecule has 1 aromatic carbocycles. The first-order valence-corrected chi connectivity index (χ1v) is 7.07. The van der Waals surface area contributed by atoms with Gasteiger partial charge < -0.3 is 20.4 Å². The van der Waals surface area contributed by atoms with E-state index in [9.17, 15) is 9.18 Å². The van der Waals surface area contributed by atoms with E-state index in [1.165, 1.54) is 18.4 Å². The van der Waals surface area contributed by atoms with Gasteiger partial charge in [0.2, 0.25) is 0 Å². The van der Waals surface area contributed by atoms with Crippen LogP contribution in [0.3, 0.4) is 0 Å². The van der Waals surface area contributed by atoms with E-state index in [0.717, 1.165) is 5.56 Å². The summed E-state index contributed by atoms with van der Waals surface area (Å²) in [5, 5.41) is 2.82. The predicted octanol–water partition coefficient (Wildman–Crippen LogP) is 2.58. The van der Waals surface area contributed by atoms with Gasteiger partial charge in [-0.1, -0.05) is 12.1 Å². The number of hydrogen-bond donors (Lipinski definition) is 2. The van der Waals surface area contributed by atoms with E-state index in [1.807, 2.05) is 11.9 Å². The van der Waals surface area contributed by atoms with Gasteiger partial charge >= 0.3 is 0 Å². The summed E-state index contributed by atoms with van der Waals surface area (Å²) >= 11 is 0. The zero-order chi connectivity index (χ0) is 15.9. The van der Waals surface area contributed by atoms with Crippen molar-refractivity contribution in [3.8, 4) is 0 Å². The molecule has 5 nitrogen and oxygen atoms in total. The van der Waals surface area contributed by atoms with Crippen molar-refractivity contribution in [2.45, 2.75) is 13.1 Å². The monoisotopic (exact) mass is 377 g/mol. The highest BCUT2D eigenvalue weighted by atomic mass is 35.5. The Morgan fingerprint density at radius 3 is 2.54 bits per heavy atom. The molecular weight excluding hydrogens is 356 g/mol. The number of carbonyl (C=O) groups excluding carboxylic acids is 1. The fourth-order valence-corrected chi connectivity index (χ4v) is 2.05. The average Bonchev–Trinajstić information content (AvgIpc) is 2.98. The summed E-state index contributed by atoms with van der Waals surface area (Å²) in [4.78, 5) is 13.9. The van der Waals surface area contributed by atoms with Crippen molar-refractivity contribution in [1.29, 1.82) is 0 Å². The molecule has 0 aliphatic heterocycles. The Hall–Kier alpha value is -1.60. The average molecular weight is 378 g/mol. The maximum atomic E-state index is 12.8. The number of hydrogen-bond acceptors (Lipinski definition) is 4. The van der Waals surface area contributed by atoms with Crippen LogP contribution in [0, 0.1) is 5.82 Å². The molecule has 8 heteroatoms. The number of benzene rings is 1. The molecule has 0 aliphatic rings. The number of halogens is 3. The summed E-state index contributed by atoms with van der Waals surface area (Å²) in [6, 6.07) is 8.03. The fourth-order valence-electron chi connectivity index (χ4n) is 2.05. The Kier molecular flexibility index (Phi) is 10.3. The maximum absolute atomic E-state index is 12.8. The van der Waals surface area contributed by atoms with Crippen molar-refractivity contribution in [2.24, 2.45) is 5.73 Å². The fraction of sp³-hybridized carbons (Fsp3) is 0.312. The van der Waals surface area contributed by atoms with Crippen LogP contribution in [0.4, 0.5) is 4.39 Å². The van der Waals surface area contributed by atoms with Crippen LogP contribution in [0.25, 0.3) is 0 Å². The minimum Gasteiger partial charge on any atom is -0.467 e. The summed E-state index contributed by atoms with van der Waals surface area (Å²) in [5.41, 5.74) is 6.93. The van der Waals surface area contributed by atoms with Gasteiger partial charge in [-0.3, -0.25) is 4.79 Å². The molecule has 2 rings (SSSR count). The van der Waals surface area contributed by atoms with Crippen molar-refractivity contribution < 1.29 is 13.6 Å². The molecule has 0 saturated carbocycles. The molecule has 0 radical (unpaired) electrons. The van der Waals surface area contributed by atoms with Crippen LogP contribution in [0.1, 0.15) is 21.7 Å². The summed E-state index contributed by atoms with van der Waals surface area (Å²) in [7, 11) is 1.94. The van der Waals surface area contributed by atoms with Crippen LogP contribution in [0.15, 0.2) is 41.0 Å². The van der Waals surface area contributed by atoms with Gasteiger partial charge in [-0.2, -0.15) is 0 Å². The van der Waals surface area contributed by atoms with Crippen LogP contribution in [-0.2, 0) is 13.1 Å². The second kappa shape index (κ2) is 11.0. The third-order valence-corrected chi connectivity index (χ3v) is 3.26. The van der Waals surface area contributed by atoms with E-state index >= 15 is 0 Å². The highest BCUT2D eigenvalue weighted by molar-refractivity contribution is 5.93. The molecule has 1 heterocycles. The molecule has 2 aromatic rings. The third-order valence-electron chi connectivity index (χ3n) is 3.26. The second-order valence-electron chi connectivity index (χ2n) is 5.13. The minimum atomic E-state index is -0.240. The summed E-state index contributed by atoms with van der Waals surface area (Å²) < 4.78 is 18.0. The topological polar surface area (TPSA) is 71.5 Å². The Morgan fingerprint density at radius 2 is 1.96 bits per heavy atom. The smallest absolute Gasteiger partial charge is 0.254 e. The highest BCUT2D eigenvalue weighted by Crippen LogP contribution is 2.07. The van der Waals surface area contributed by atoms with Crippen LogP contribution in [-0.4, -0.2) is 30.9 Å². The van der Waals surface area contributed by atoms with E-state index in [-0.39, 0.29) is 43.1 Å². The molecule has 0 fully saturated rings. The number of nitrogens with two attached hydrogens (primary N) is 1. The van der Waals surface area contributed by atoms with Crippen LogP contribution < -0.4 is 11.1 Å². The lowest BCUT2D eigenvalue weighted by atomic mass is 10.2. The Morgan fingerprint density at radius 1 is 1.29 bits per heavy atom. The lowest BCUT2D eigenvalue weighted by Gasteiger charge is -2.16. The van der Waals surface area contributed by atoms with E-state index in [4.69, 9.17) is 10.2 Å². The largest absolute Gasteiger partial charge is 0.467 e. The third kappa shape index (κ3) is 6.88. The van der Waals surface area contributed by atoms with Crippen molar-refractivity contribution in [3.05, 3.63) is 59.3 Å². The molecule has 0 aliphatic carbocycles. The SMILES string of the molecule is CN(CCNC(=O)c1coc(CN)c1)Cc1ccc(F)cc1.Cl.Cl. The van der Waals surface area contributed by atoms with Crippen LogP contribution in [0.5, 0.6) is 0 Å². The molecule has 0 saturated heterocycles. The van der Waals surface area contributed by atoms with E-state index in [1.54, 1.807) is 18.2 Å². The van der Waals surface area contributed by atoms with Gasteiger partial charge in [0.1, 0.15) is 17.8 Å². The number of nitrogens with one attached hydrogen (secondary N) is 1. The van der Waals surface area contributed by atoms with Gasteiger partial charge in [-0.05, 0) is 30.8 Å². The molecule has 3 N–H and O–H groups in total. The highest BCUT2D eigenvalue weighted by Gasteiger charge is 2.09. The first kappa shape index (κ1) is 22.4. The first-order valence-electron chi connectivity index (χ1n) is 7.07. The molecule has 0 atom stereocenters.